The van der Waals surface area contributed by atoms with Crippen molar-refractivity contribution in [2.24, 2.45) is 0 Å². The van der Waals surface area contributed by atoms with Gasteiger partial charge >= 0.3 is 6.09 Å². The van der Waals surface area contributed by atoms with Gasteiger partial charge in [-0.1, -0.05) is 66.6 Å². The van der Waals surface area contributed by atoms with Gasteiger partial charge in [-0.2, -0.15) is 9.78 Å². The van der Waals surface area contributed by atoms with Crippen LogP contribution in [0.2, 0.25) is 0 Å². The molecule has 148 valence electrons. The van der Waals surface area contributed by atoms with Gasteiger partial charge in [0.05, 0.1) is 5.69 Å². The molecule has 0 saturated carbocycles. The van der Waals surface area contributed by atoms with Crippen molar-refractivity contribution in [2.45, 2.75) is 45.6 Å². The first-order valence-corrected chi connectivity index (χ1v) is 9.84. The first-order valence-electron chi connectivity index (χ1n) is 9.84. The number of aryl methyl sites for hydroxylation is 1. The second-order valence-electron chi connectivity index (χ2n) is 7.81. The van der Waals surface area contributed by atoms with Crippen molar-refractivity contribution in [2.75, 3.05) is 0 Å². The molecule has 1 heterocycles. The van der Waals surface area contributed by atoms with Gasteiger partial charge in [0, 0.05) is 18.1 Å². The van der Waals surface area contributed by atoms with Crippen molar-refractivity contribution in [3.8, 4) is 23.1 Å². The van der Waals surface area contributed by atoms with Crippen LogP contribution in [0.15, 0.2) is 66.7 Å². The summed E-state index contributed by atoms with van der Waals surface area (Å²) in [6, 6.07) is 21.9. The Kier molecular flexibility index (Phi) is 6.51. The molecule has 0 fully saturated rings. The number of aromatic nitrogens is 2. The topological polar surface area (TPSA) is 44.1 Å². The highest BCUT2D eigenvalue weighted by Crippen LogP contribution is 2.21. The fourth-order valence-corrected chi connectivity index (χ4v) is 2.88. The van der Waals surface area contributed by atoms with E-state index in [4.69, 9.17) is 4.74 Å². The van der Waals surface area contributed by atoms with E-state index < -0.39 is 11.7 Å². The van der Waals surface area contributed by atoms with Gasteiger partial charge in [0.2, 0.25) is 0 Å². The van der Waals surface area contributed by atoms with Crippen LogP contribution in [-0.4, -0.2) is 21.5 Å². The van der Waals surface area contributed by atoms with Gasteiger partial charge in [0.1, 0.15) is 11.3 Å². The number of carbonyl (C=O) groups is 1. The predicted molar refractivity (Wildman–Crippen MR) is 116 cm³/mol. The monoisotopic (exact) mass is 386 g/mol. The van der Waals surface area contributed by atoms with E-state index in [0.717, 1.165) is 24.8 Å². The van der Waals surface area contributed by atoms with E-state index in [-0.39, 0.29) is 0 Å². The van der Waals surface area contributed by atoms with Crippen molar-refractivity contribution in [1.29, 1.82) is 0 Å². The molecule has 0 saturated heterocycles. The molecule has 4 heteroatoms. The fraction of sp³-hybridized carbons (Fsp3) is 0.280. The number of unbranched alkanes of at least 4 members (excludes halogenated alkanes) is 1. The Balaban J connectivity index is 1.75. The Bertz CT molecular complexity index is 1000. The van der Waals surface area contributed by atoms with Gasteiger partial charge in [0.25, 0.3) is 0 Å². The van der Waals surface area contributed by atoms with Crippen LogP contribution in [0.4, 0.5) is 4.79 Å². The van der Waals surface area contributed by atoms with Crippen LogP contribution in [0.5, 0.6) is 0 Å². The van der Waals surface area contributed by atoms with Gasteiger partial charge in [-0.05, 0) is 45.1 Å². The molecule has 2 aromatic carbocycles. The Labute approximate surface area is 172 Å². The predicted octanol–water partition coefficient (Wildman–Crippen LogP) is 5.71. The molecule has 0 aliphatic rings. The number of benzene rings is 2. The molecule has 0 aliphatic heterocycles. The summed E-state index contributed by atoms with van der Waals surface area (Å²) in [5.74, 6) is 6.26. The Hall–Kier alpha value is -3.32. The van der Waals surface area contributed by atoms with Gasteiger partial charge in [-0.3, -0.25) is 0 Å². The molecule has 0 radical (unpaired) electrons. The van der Waals surface area contributed by atoms with Crippen LogP contribution in [0.25, 0.3) is 11.3 Å². The Morgan fingerprint density at radius 3 is 2.34 bits per heavy atom. The smallest absolute Gasteiger partial charge is 0.435 e. The minimum atomic E-state index is -0.597. The van der Waals surface area contributed by atoms with Crippen molar-refractivity contribution in [1.82, 2.24) is 9.78 Å². The van der Waals surface area contributed by atoms with Crippen LogP contribution < -0.4 is 0 Å². The zero-order valence-electron chi connectivity index (χ0n) is 17.2. The first kappa shape index (κ1) is 20.4. The molecule has 4 nitrogen and oxygen atoms in total. The molecule has 3 rings (SSSR count). The first-order chi connectivity index (χ1) is 13.9. The summed E-state index contributed by atoms with van der Waals surface area (Å²) in [6.07, 6.45) is 2.25. The normalized spacial score (nSPS) is 10.9. The average molecular weight is 386 g/mol. The molecule has 3 aromatic rings. The maximum atomic E-state index is 12.6. The second-order valence-corrected chi connectivity index (χ2v) is 7.81. The molecule has 0 unspecified atom stereocenters. The van der Waals surface area contributed by atoms with E-state index in [1.807, 2.05) is 63.2 Å². The number of nitrogens with zero attached hydrogens (tertiary/aromatic N) is 2. The van der Waals surface area contributed by atoms with E-state index in [9.17, 15) is 4.79 Å². The van der Waals surface area contributed by atoms with Crippen LogP contribution >= 0.6 is 0 Å². The third kappa shape index (κ3) is 6.08. The van der Waals surface area contributed by atoms with Crippen LogP contribution in [0.1, 0.15) is 44.9 Å². The summed E-state index contributed by atoms with van der Waals surface area (Å²) in [5.41, 5.74) is 2.85. The van der Waals surface area contributed by atoms with Crippen molar-refractivity contribution < 1.29 is 9.53 Å². The summed E-state index contributed by atoms with van der Waals surface area (Å²) >= 11 is 0. The van der Waals surface area contributed by atoms with E-state index in [2.05, 4.69) is 41.2 Å². The van der Waals surface area contributed by atoms with Gasteiger partial charge in [-0.25, -0.2) is 4.79 Å². The average Bonchev–Trinajstić information content (AvgIpc) is 3.12. The number of rotatable bonds is 4. The molecule has 0 aliphatic carbocycles. The zero-order chi connectivity index (χ0) is 20.7. The molecule has 0 spiro atoms. The number of ether oxygens (including phenoxy) is 1. The van der Waals surface area contributed by atoms with Crippen LogP contribution in [0.3, 0.4) is 0 Å². The van der Waals surface area contributed by atoms with E-state index in [0.29, 0.717) is 11.4 Å². The highest BCUT2D eigenvalue weighted by molar-refractivity contribution is 5.78. The lowest BCUT2D eigenvalue weighted by Crippen LogP contribution is -2.28. The summed E-state index contributed by atoms with van der Waals surface area (Å²) in [6.45, 7) is 5.51. The second kappa shape index (κ2) is 9.25. The van der Waals surface area contributed by atoms with Crippen LogP contribution in [-0.2, 0) is 11.2 Å². The third-order valence-electron chi connectivity index (χ3n) is 4.17. The van der Waals surface area contributed by atoms with Crippen molar-refractivity contribution in [3.63, 3.8) is 0 Å². The largest absolute Gasteiger partial charge is 0.442 e. The molecule has 0 bridgehead atoms. The molecule has 29 heavy (non-hydrogen) atoms. The molecule has 0 atom stereocenters. The highest BCUT2D eigenvalue weighted by Gasteiger charge is 2.22. The SMILES string of the molecule is CC(C)(C)OC(=O)n1nc(C#CCCCc2ccccc2)cc1-c1ccccc1. The fourth-order valence-electron chi connectivity index (χ4n) is 2.88. The lowest BCUT2D eigenvalue weighted by Gasteiger charge is -2.19. The summed E-state index contributed by atoms with van der Waals surface area (Å²) in [7, 11) is 0. The van der Waals surface area contributed by atoms with E-state index >= 15 is 0 Å². The quantitative estimate of drug-likeness (QED) is 0.426. The Morgan fingerprint density at radius 2 is 1.69 bits per heavy atom. The molecular formula is C25H26N2O2. The van der Waals surface area contributed by atoms with Gasteiger partial charge in [0.15, 0.2) is 0 Å². The van der Waals surface area contributed by atoms with E-state index in [1.54, 1.807) is 0 Å². The van der Waals surface area contributed by atoms with Gasteiger partial charge in [-0.15, -0.1) is 0 Å². The molecular weight excluding hydrogens is 360 g/mol. The zero-order valence-corrected chi connectivity index (χ0v) is 17.2. The lowest BCUT2D eigenvalue weighted by atomic mass is 10.1. The summed E-state index contributed by atoms with van der Waals surface area (Å²) in [5, 5.41) is 4.39. The molecule has 0 N–H and O–H groups in total. The minimum Gasteiger partial charge on any atom is -0.442 e. The summed E-state index contributed by atoms with van der Waals surface area (Å²) < 4.78 is 6.80. The molecule has 0 amide bonds. The summed E-state index contributed by atoms with van der Waals surface area (Å²) in [4.78, 5) is 12.6. The number of hydrogen-bond donors (Lipinski definition) is 0. The number of carbonyl (C=O) groups excluding carboxylic acids is 1. The maximum Gasteiger partial charge on any atom is 0.435 e. The minimum absolute atomic E-state index is 0.506. The van der Waals surface area contributed by atoms with E-state index in [1.165, 1.54) is 10.2 Å². The lowest BCUT2D eigenvalue weighted by molar-refractivity contribution is 0.0517. The molecule has 1 aromatic heterocycles. The van der Waals surface area contributed by atoms with Crippen LogP contribution in [0, 0.1) is 11.8 Å². The Morgan fingerprint density at radius 1 is 1.03 bits per heavy atom. The van der Waals surface area contributed by atoms with Crippen molar-refractivity contribution in [3.05, 3.63) is 78.0 Å². The highest BCUT2D eigenvalue weighted by atomic mass is 16.6. The van der Waals surface area contributed by atoms with Crippen molar-refractivity contribution >= 4 is 6.09 Å². The third-order valence-corrected chi connectivity index (χ3v) is 4.17. The van der Waals surface area contributed by atoms with Gasteiger partial charge < -0.3 is 4.74 Å². The standard InChI is InChI=1S/C25H26N2O2/c1-25(2,3)29-24(28)27-23(21-16-10-6-11-17-21)19-22(26-27)18-12-5-9-15-20-13-7-4-8-14-20/h4,6-8,10-11,13-14,16-17,19H,5,9,15H2,1-3H3. The number of hydrogen-bond acceptors (Lipinski definition) is 3. The maximum absolute atomic E-state index is 12.6.